The normalized spacial score (nSPS) is 26.1. The smallest absolute Gasteiger partial charge is 0.249 e. The minimum atomic E-state index is -0.161. The highest BCUT2D eigenvalue weighted by atomic mass is 16.5. The Morgan fingerprint density at radius 3 is 2.69 bits per heavy atom. The van der Waals surface area contributed by atoms with E-state index in [2.05, 4.69) is 5.32 Å². The van der Waals surface area contributed by atoms with Gasteiger partial charge < -0.3 is 10.1 Å². The summed E-state index contributed by atoms with van der Waals surface area (Å²) in [6.07, 6.45) is 9.80. The van der Waals surface area contributed by atoms with E-state index in [0.717, 1.165) is 38.3 Å². The van der Waals surface area contributed by atoms with Crippen molar-refractivity contribution < 1.29 is 9.53 Å². The molecule has 1 saturated heterocycles. The molecule has 1 aliphatic heterocycles. The molecule has 16 heavy (non-hydrogen) atoms. The molecule has 0 aromatic heterocycles. The highest BCUT2D eigenvalue weighted by molar-refractivity contribution is 5.80. The summed E-state index contributed by atoms with van der Waals surface area (Å²) < 4.78 is 5.33. The average Bonchev–Trinajstić information content (AvgIpc) is 2.96. The predicted molar refractivity (Wildman–Crippen MR) is 63.2 cm³/mol. The third-order valence-corrected chi connectivity index (χ3v) is 3.79. The number of amides is 1. The molecule has 1 saturated carbocycles. The van der Waals surface area contributed by atoms with Crippen LogP contribution in [0.25, 0.3) is 0 Å². The summed E-state index contributed by atoms with van der Waals surface area (Å²) in [5.41, 5.74) is 0. The summed E-state index contributed by atoms with van der Waals surface area (Å²) in [4.78, 5) is 11.6. The third kappa shape index (κ3) is 3.48. The maximum absolute atomic E-state index is 11.6. The molecule has 2 rings (SSSR count). The van der Waals surface area contributed by atoms with Crippen LogP contribution in [0.15, 0.2) is 0 Å². The van der Waals surface area contributed by atoms with Crippen molar-refractivity contribution in [3.63, 3.8) is 0 Å². The maximum atomic E-state index is 11.6. The van der Waals surface area contributed by atoms with E-state index in [0.29, 0.717) is 0 Å². The lowest BCUT2D eigenvalue weighted by Gasteiger charge is -2.12. The van der Waals surface area contributed by atoms with Crippen molar-refractivity contribution in [1.29, 1.82) is 0 Å². The largest absolute Gasteiger partial charge is 0.368 e. The van der Waals surface area contributed by atoms with Crippen molar-refractivity contribution >= 4 is 5.91 Å². The van der Waals surface area contributed by atoms with Gasteiger partial charge in [-0.2, -0.15) is 0 Å². The van der Waals surface area contributed by atoms with Crippen molar-refractivity contribution in [2.45, 2.75) is 57.5 Å². The van der Waals surface area contributed by atoms with Crippen molar-refractivity contribution in [1.82, 2.24) is 5.32 Å². The van der Waals surface area contributed by atoms with E-state index in [1.807, 2.05) is 0 Å². The number of rotatable bonds is 5. The third-order valence-electron chi connectivity index (χ3n) is 3.79. The number of hydrogen-bond acceptors (Lipinski definition) is 2. The fourth-order valence-corrected chi connectivity index (χ4v) is 2.80. The van der Waals surface area contributed by atoms with Crippen molar-refractivity contribution in [2.24, 2.45) is 5.92 Å². The van der Waals surface area contributed by atoms with Gasteiger partial charge >= 0.3 is 0 Å². The minimum Gasteiger partial charge on any atom is -0.368 e. The Labute approximate surface area is 97.9 Å². The molecule has 0 aromatic rings. The van der Waals surface area contributed by atoms with E-state index in [1.54, 1.807) is 0 Å². The van der Waals surface area contributed by atoms with Gasteiger partial charge in [-0.15, -0.1) is 0 Å². The summed E-state index contributed by atoms with van der Waals surface area (Å²) in [6, 6.07) is 0. The number of carbonyl (C=O) groups excluding carboxylic acids is 1. The number of hydrogen-bond donors (Lipinski definition) is 1. The predicted octanol–water partition coefficient (Wildman–Crippen LogP) is 2.25. The average molecular weight is 225 g/mol. The summed E-state index contributed by atoms with van der Waals surface area (Å²) in [6.45, 7) is 1.58. The van der Waals surface area contributed by atoms with E-state index in [4.69, 9.17) is 4.74 Å². The quantitative estimate of drug-likeness (QED) is 0.729. The van der Waals surface area contributed by atoms with Crippen LogP contribution >= 0.6 is 0 Å². The van der Waals surface area contributed by atoms with Crippen LogP contribution in [-0.4, -0.2) is 25.2 Å². The Morgan fingerprint density at radius 2 is 2.00 bits per heavy atom. The monoisotopic (exact) mass is 225 g/mol. The summed E-state index contributed by atoms with van der Waals surface area (Å²) in [7, 11) is 0. The summed E-state index contributed by atoms with van der Waals surface area (Å²) in [5.74, 6) is 1.03. The van der Waals surface area contributed by atoms with Crippen LogP contribution in [-0.2, 0) is 9.53 Å². The first kappa shape index (κ1) is 11.9. The van der Waals surface area contributed by atoms with Gasteiger partial charge in [-0.05, 0) is 31.6 Å². The fraction of sp³-hybridized carbons (Fsp3) is 0.923. The van der Waals surface area contributed by atoms with E-state index in [9.17, 15) is 4.79 Å². The molecule has 2 fully saturated rings. The summed E-state index contributed by atoms with van der Waals surface area (Å²) in [5, 5.41) is 2.98. The first-order valence-electron chi connectivity index (χ1n) is 6.75. The van der Waals surface area contributed by atoms with Crippen LogP contribution in [0.3, 0.4) is 0 Å². The topological polar surface area (TPSA) is 38.3 Å². The molecule has 0 spiro atoms. The molecule has 1 unspecified atom stereocenters. The zero-order chi connectivity index (χ0) is 11.2. The Bertz CT molecular complexity index is 218. The van der Waals surface area contributed by atoms with Gasteiger partial charge in [0.15, 0.2) is 0 Å². The molecule has 0 bridgehead atoms. The van der Waals surface area contributed by atoms with Crippen molar-refractivity contribution in [3.05, 3.63) is 0 Å². The Balaban J connectivity index is 1.51. The molecule has 3 heteroatoms. The van der Waals surface area contributed by atoms with Crippen LogP contribution in [0, 0.1) is 5.92 Å². The van der Waals surface area contributed by atoms with Gasteiger partial charge in [0.25, 0.3) is 0 Å². The van der Waals surface area contributed by atoms with Crippen molar-refractivity contribution in [3.8, 4) is 0 Å². The second kappa shape index (κ2) is 6.24. The van der Waals surface area contributed by atoms with Crippen molar-refractivity contribution in [2.75, 3.05) is 13.2 Å². The Kier molecular flexibility index (Phi) is 4.64. The molecule has 1 aliphatic carbocycles. The summed E-state index contributed by atoms with van der Waals surface area (Å²) >= 11 is 0. The lowest BCUT2D eigenvalue weighted by molar-refractivity contribution is -0.130. The van der Waals surface area contributed by atoms with Gasteiger partial charge in [0, 0.05) is 13.2 Å². The van der Waals surface area contributed by atoms with E-state index in [-0.39, 0.29) is 12.0 Å². The Morgan fingerprint density at radius 1 is 1.19 bits per heavy atom. The SMILES string of the molecule is O=C(NCCCC1CCCC1)C1CCCO1. The van der Waals surface area contributed by atoms with E-state index in [1.165, 1.54) is 32.1 Å². The number of carbonyl (C=O) groups is 1. The zero-order valence-electron chi connectivity index (χ0n) is 10.0. The van der Waals surface area contributed by atoms with Crippen LogP contribution in [0.1, 0.15) is 51.4 Å². The molecule has 1 heterocycles. The highest BCUT2D eigenvalue weighted by Crippen LogP contribution is 2.28. The lowest BCUT2D eigenvalue weighted by atomic mass is 10.0. The minimum absolute atomic E-state index is 0.101. The Hall–Kier alpha value is -0.570. The molecule has 1 atom stereocenters. The van der Waals surface area contributed by atoms with Gasteiger partial charge in [-0.25, -0.2) is 0 Å². The molecule has 92 valence electrons. The standard InChI is InChI=1S/C13H23NO2/c15-13(12-8-4-10-16-12)14-9-3-7-11-5-1-2-6-11/h11-12H,1-10H2,(H,14,15). The van der Waals surface area contributed by atoms with Gasteiger partial charge in [-0.3, -0.25) is 4.79 Å². The van der Waals surface area contributed by atoms with Gasteiger partial charge in [0.1, 0.15) is 6.10 Å². The zero-order valence-corrected chi connectivity index (χ0v) is 10.0. The van der Waals surface area contributed by atoms with E-state index >= 15 is 0 Å². The van der Waals surface area contributed by atoms with Crippen LogP contribution in [0.5, 0.6) is 0 Å². The fourth-order valence-electron chi connectivity index (χ4n) is 2.80. The molecule has 2 aliphatic rings. The first-order valence-corrected chi connectivity index (χ1v) is 6.75. The van der Waals surface area contributed by atoms with Crippen LogP contribution in [0.2, 0.25) is 0 Å². The molecule has 3 nitrogen and oxygen atoms in total. The lowest BCUT2D eigenvalue weighted by Crippen LogP contribution is -2.34. The van der Waals surface area contributed by atoms with Gasteiger partial charge in [0.05, 0.1) is 0 Å². The van der Waals surface area contributed by atoms with Crippen LogP contribution < -0.4 is 5.32 Å². The second-order valence-corrected chi connectivity index (χ2v) is 5.09. The second-order valence-electron chi connectivity index (χ2n) is 5.09. The van der Waals surface area contributed by atoms with Gasteiger partial charge in [-0.1, -0.05) is 25.7 Å². The molecular formula is C13H23NO2. The molecule has 1 amide bonds. The van der Waals surface area contributed by atoms with Crippen LogP contribution in [0.4, 0.5) is 0 Å². The molecule has 0 aromatic carbocycles. The molecule has 0 radical (unpaired) electrons. The van der Waals surface area contributed by atoms with E-state index < -0.39 is 0 Å². The first-order chi connectivity index (χ1) is 7.86. The maximum Gasteiger partial charge on any atom is 0.249 e. The molecular weight excluding hydrogens is 202 g/mol. The molecule has 1 N–H and O–H groups in total. The highest BCUT2D eigenvalue weighted by Gasteiger charge is 2.23. The number of ether oxygens (including phenoxy) is 1. The van der Waals surface area contributed by atoms with Gasteiger partial charge in [0.2, 0.25) is 5.91 Å². The number of nitrogens with one attached hydrogen (secondary N) is 1.